The van der Waals surface area contributed by atoms with Gasteiger partial charge in [0.2, 0.25) is 0 Å². The zero-order chi connectivity index (χ0) is 27.8. The predicted molar refractivity (Wildman–Crippen MR) is 153 cm³/mol. The fraction of sp³-hybridized carbons (Fsp3) is 0.440. The van der Waals surface area contributed by atoms with Crippen molar-refractivity contribution < 1.29 is 17.9 Å². The lowest BCUT2D eigenvalue weighted by molar-refractivity contribution is 0.0890. The Morgan fingerprint density at radius 1 is 1.26 bits per heavy atom. The van der Waals surface area contributed by atoms with Gasteiger partial charge in [-0.3, -0.25) is 9.48 Å². The summed E-state index contributed by atoms with van der Waals surface area (Å²) >= 11 is 6.18. The standard InChI is InChI=1S/C25H33ClN6O4SSi/c1-16(14-37(3,34)35)28-25(33)19-13-32(15-36-9-10-38(4,5)6)24-23(19)29-20(12-27-24)22-18-8-7-17(26)11-21(18)31(2)30-22/h7-8,11-13,16H,9-10,14-15H2,1-6H3,(H,28,33)/t16-/m1/s1. The summed E-state index contributed by atoms with van der Waals surface area (Å²) in [7, 11) is -2.70. The number of aromatic nitrogens is 5. The zero-order valence-corrected chi connectivity index (χ0v) is 25.0. The molecule has 0 saturated carbocycles. The molecule has 0 aliphatic heterocycles. The van der Waals surface area contributed by atoms with Gasteiger partial charge in [0.05, 0.1) is 23.0 Å². The summed E-state index contributed by atoms with van der Waals surface area (Å²) in [5, 5.41) is 8.85. The number of hydrogen-bond acceptors (Lipinski definition) is 7. The Labute approximate surface area is 228 Å². The van der Waals surface area contributed by atoms with Crippen LogP contribution >= 0.6 is 11.6 Å². The molecule has 4 aromatic rings. The van der Waals surface area contributed by atoms with Gasteiger partial charge in [-0.2, -0.15) is 5.10 Å². The maximum absolute atomic E-state index is 13.3. The summed E-state index contributed by atoms with van der Waals surface area (Å²) < 4.78 is 32.8. The molecule has 0 spiro atoms. The minimum Gasteiger partial charge on any atom is -0.361 e. The van der Waals surface area contributed by atoms with Gasteiger partial charge in [0.1, 0.15) is 33.5 Å². The molecule has 38 heavy (non-hydrogen) atoms. The van der Waals surface area contributed by atoms with Crippen molar-refractivity contribution in [2.75, 3.05) is 18.6 Å². The van der Waals surface area contributed by atoms with Crippen molar-refractivity contribution in [3.8, 4) is 11.4 Å². The summed E-state index contributed by atoms with van der Waals surface area (Å²) in [6.45, 7) is 9.32. The molecule has 3 aromatic heterocycles. The van der Waals surface area contributed by atoms with Crippen LogP contribution < -0.4 is 5.32 Å². The third-order valence-electron chi connectivity index (χ3n) is 6.02. The fourth-order valence-electron chi connectivity index (χ4n) is 4.19. The van der Waals surface area contributed by atoms with E-state index >= 15 is 0 Å². The first kappa shape index (κ1) is 28.2. The van der Waals surface area contributed by atoms with Crippen molar-refractivity contribution in [1.82, 2.24) is 29.6 Å². The van der Waals surface area contributed by atoms with E-state index < -0.39 is 29.9 Å². The Balaban J connectivity index is 1.73. The van der Waals surface area contributed by atoms with Crippen molar-refractivity contribution in [3.05, 3.63) is 41.2 Å². The Hall–Kier alpha value is -2.80. The lowest BCUT2D eigenvalue weighted by Gasteiger charge is -2.15. The number of halogens is 1. The second kappa shape index (κ2) is 10.8. The molecule has 1 atom stereocenters. The molecular formula is C25H33ClN6O4SSi. The van der Waals surface area contributed by atoms with Gasteiger partial charge >= 0.3 is 0 Å². The number of benzene rings is 1. The number of hydrogen-bond donors (Lipinski definition) is 1. The number of rotatable bonds is 10. The van der Waals surface area contributed by atoms with Crippen LogP contribution in [0.5, 0.6) is 0 Å². The second-order valence-electron chi connectivity index (χ2n) is 10.9. The average molecular weight is 577 g/mol. The van der Waals surface area contributed by atoms with Gasteiger partial charge in [-0.1, -0.05) is 31.2 Å². The van der Waals surface area contributed by atoms with E-state index in [0.717, 1.165) is 23.2 Å². The van der Waals surface area contributed by atoms with E-state index in [9.17, 15) is 13.2 Å². The maximum Gasteiger partial charge on any atom is 0.255 e. The summed E-state index contributed by atoms with van der Waals surface area (Å²) in [4.78, 5) is 22.7. The molecule has 0 radical (unpaired) electrons. The van der Waals surface area contributed by atoms with Crippen LogP contribution in [0.1, 0.15) is 17.3 Å². The third-order valence-corrected chi connectivity index (χ3v) is 9.07. The van der Waals surface area contributed by atoms with Crippen LogP contribution in [0.2, 0.25) is 30.7 Å². The third kappa shape index (κ3) is 6.60. The number of carbonyl (C=O) groups is 1. The molecule has 1 aromatic carbocycles. The number of carbonyl (C=O) groups excluding carboxylic acids is 1. The average Bonchev–Trinajstić information content (AvgIpc) is 3.32. The van der Waals surface area contributed by atoms with E-state index in [2.05, 4.69) is 35.0 Å². The minimum absolute atomic E-state index is 0.170. The number of nitrogens with one attached hydrogen (secondary N) is 1. The molecule has 1 N–H and O–H groups in total. The van der Waals surface area contributed by atoms with Crippen LogP contribution in [-0.4, -0.2) is 71.4 Å². The Bertz CT molecular complexity index is 1610. The van der Waals surface area contributed by atoms with Gasteiger partial charge < -0.3 is 14.6 Å². The number of aryl methyl sites for hydroxylation is 1. The van der Waals surface area contributed by atoms with Crippen LogP contribution in [0, 0.1) is 0 Å². The molecule has 0 saturated heterocycles. The topological polar surface area (TPSA) is 121 Å². The van der Waals surface area contributed by atoms with Crippen LogP contribution in [0.4, 0.5) is 0 Å². The monoisotopic (exact) mass is 576 g/mol. The molecule has 13 heteroatoms. The van der Waals surface area contributed by atoms with Crippen LogP contribution in [0.25, 0.3) is 33.5 Å². The van der Waals surface area contributed by atoms with E-state index in [4.69, 9.17) is 21.3 Å². The molecule has 0 aliphatic rings. The van der Waals surface area contributed by atoms with Crippen molar-refractivity contribution in [1.29, 1.82) is 0 Å². The summed E-state index contributed by atoms with van der Waals surface area (Å²) in [5.41, 5.74) is 3.12. The highest BCUT2D eigenvalue weighted by Crippen LogP contribution is 2.30. The molecule has 1 amide bonds. The maximum atomic E-state index is 13.3. The second-order valence-corrected chi connectivity index (χ2v) is 19.1. The molecule has 4 rings (SSSR count). The zero-order valence-electron chi connectivity index (χ0n) is 22.4. The van der Waals surface area contributed by atoms with E-state index in [0.29, 0.717) is 34.2 Å². The normalized spacial score (nSPS) is 13.3. The van der Waals surface area contributed by atoms with Gasteiger partial charge in [0, 0.05) is 50.6 Å². The van der Waals surface area contributed by atoms with Crippen molar-refractivity contribution >= 4 is 57.5 Å². The molecule has 204 valence electrons. The van der Waals surface area contributed by atoms with Gasteiger partial charge in [0.15, 0.2) is 5.65 Å². The molecular weight excluding hydrogens is 544 g/mol. The molecule has 0 fully saturated rings. The first-order valence-electron chi connectivity index (χ1n) is 12.3. The summed E-state index contributed by atoms with van der Waals surface area (Å²) in [6, 6.07) is 5.93. The Morgan fingerprint density at radius 3 is 2.68 bits per heavy atom. The van der Waals surface area contributed by atoms with E-state index in [1.54, 1.807) is 34.6 Å². The van der Waals surface area contributed by atoms with Crippen LogP contribution in [0.3, 0.4) is 0 Å². The van der Waals surface area contributed by atoms with Gasteiger partial charge in [-0.15, -0.1) is 0 Å². The molecule has 0 bridgehead atoms. The first-order chi connectivity index (χ1) is 17.7. The largest absolute Gasteiger partial charge is 0.361 e. The number of amides is 1. The fourth-order valence-corrected chi connectivity index (χ4v) is 6.10. The predicted octanol–water partition coefficient (Wildman–Crippen LogP) is 4.11. The quantitative estimate of drug-likeness (QED) is 0.223. The Morgan fingerprint density at radius 2 is 2.00 bits per heavy atom. The number of sulfone groups is 1. The molecule has 0 unspecified atom stereocenters. The van der Waals surface area contributed by atoms with Crippen molar-refractivity contribution in [3.63, 3.8) is 0 Å². The van der Waals surface area contributed by atoms with Gasteiger partial charge in [0.25, 0.3) is 5.91 Å². The van der Waals surface area contributed by atoms with Crippen LogP contribution in [0.15, 0.2) is 30.6 Å². The highest BCUT2D eigenvalue weighted by Gasteiger charge is 2.23. The number of ether oxygens (including phenoxy) is 1. The summed E-state index contributed by atoms with van der Waals surface area (Å²) in [6.07, 6.45) is 4.43. The van der Waals surface area contributed by atoms with E-state index in [1.165, 1.54) is 0 Å². The van der Waals surface area contributed by atoms with Gasteiger partial charge in [-0.05, 0) is 31.2 Å². The van der Waals surface area contributed by atoms with E-state index in [-0.39, 0.29) is 18.0 Å². The lowest BCUT2D eigenvalue weighted by atomic mass is 10.1. The molecule has 3 heterocycles. The van der Waals surface area contributed by atoms with Crippen molar-refractivity contribution in [2.24, 2.45) is 7.05 Å². The van der Waals surface area contributed by atoms with Crippen LogP contribution in [-0.2, 0) is 28.4 Å². The number of fused-ring (bicyclic) bond motifs is 2. The smallest absolute Gasteiger partial charge is 0.255 e. The lowest BCUT2D eigenvalue weighted by Crippen LogP contribution is -2.37. The Kier molecular flexibility index (Phi) is 7.98. The highest BCUT2D eigenvalue weighted by atomic mass is 35.5. The molecule has 0 aliphatic carbocycles. The van der Waals surface area contributed by atoms with Crippen molar-refractivity contribution in [2.45, 2.75) is 45.4 Å². The SMILES string of the molecule is C[C@H](CS(C)(=O)=O)NC(=O)c1cn(COCC[Si](C)(C)C)c2ncc(-c3nn(C)c4cc(Cl)ccc34)nc12. The minimum atomic E-state index is -3.26. The van der Waals surface area contributed by atoms with E-state index in [1.807, 2.05) is 19.2 Å². The molecule has 10 nitrogen and oxygen atoms in total. The number of nitrogens with zero attached hydrogens (tertiary/aromatic N) is 5. The first-order valence-corrected chi connectivity index (χ1v) is 18.4. The highest BCUT2D eigenvalue weighted by molar-refractivity contribution is 7.90. The van der Waals surface area contributed by atoms with Gasteiger partial charge in [-0.25, -0.2) is 18.4 Å². The summed E-state index contributed by atoms with van der Waals surface area (Å²) in [5.74, 6) is -0.604.